The lowest BCUT2D eigenvalue weighted by atomic mass is 10.2. The first-order chi connectivity index (χ1) is 10.3. The molecule has 0 atom stereocenters. The summed E-state index contributed by atoms with van der Waals surface area (Å²) in [4.78, 5) is 12.0. The van der Waals surface area contributed by atoms with E-state index in [-0.39, 0.29) is 11.9 Å². The Labute approximate surface area is 132 Å². The van der Waals surface area contributed by atoms with Crippen LogP contribution in [0.4, 0.5) is 0 Å². The summed E-state index contributed by atoms with van der Waals surface area (Å²) in [5.74, 6) is 0.421. The van der Waals surface area contributed by atoms with Gasteiger partial charge < -0.3 is 10.1 Å². The minimum absolute atomic E-state index is 0.0934. The molecule has 0 fully saturated rings. The van der Waals surface area contributed by atoms with Crippen LogP contribution < -0.4 is 10.1 Å². The number of hydrogen-bond donors (Lipinski definition) is 1. The van der Waals surface area contributed by atoms with Crippen molar-refractivity contribution in [2.45, 2.75) is 26.3 Å². The number of rotatable bonds is 8. The highest BCUT2D eigenvalue weighted by Gasteiger charge is 2.19. The van der Waals surface area contributed by atoms with E-state index in [4.69, 9.17) is 4.74 Å². The van der Waals surface area contributed by atoms with Crippen LogP contribution in [-0.4, -0.2) is 51.1 Å². The average Bonchev–Trinajstić information content (AvgIpc) is 2.45. The molecule has 0 aliphatic heterocycles. The maximum Gasteiger partial charge on any atom is 0.251 e. The van der Waals surface area contributed by atoms with Crippen LogP contribution in [0.25, 0.3) is 0 Å². The Kier molecular flexibility index (Phi) is 6.83. The monoisotopic (exact) mass is 328 g/mol. The van der Waals surface area contributed by atoms with Crippen molar-refractivity contribution >= 4 is 15.9 Å². The van der Waals surface area contributed by atoms with E-state index in [1.54, 1.807) is 31.4 Å². The van der Waals surface area contributed by atoms with E-state index in [9.17, 15) is 13.2 Å². The lowest BCUT2D eigenvalue weighted by molar-refractivity contribution is 0.0952. The molecule has 0 heterocycles. The molecule has 1 aromatic rings. The summed E-state index contributed by atoms with van der Waals surface area (Å²) in [6, 6.07) is 6.78. The molecule has 1 amide bonds. The fourth-order valence-corrected chi connectivity index (χ4v) is 3.34. The van der Waals surface area contributed by atoms with E-state index in [0.717, 1.165) is 0 Å². The molecule has 1 aromatic carbocycles. The number of benzene rings is 1. The molecule has 0 bridgehead atoms. The first-order valence-electron chi connectivity index (χ1n) is 7.14. The van der Waals surface area contributed by atoms with Gasteiger partial charge in [0.2, 0.25) is 10.0 Å². The number of amides is 1. The third-order valence-electron chi connectivity index (χ3n) is 3.17. The summed E-state index contributed by atoms with van der Waals surface area (Å²) in [7, 11) is -1.68. The van der Waals surface area contributed by atoms with Crippen LogP contribution in [0.2, 0.25) is 0 Å². The molecule has 0 aliphatic rings. The van der Waals surface area contributed by atoms with Gasteiger partial charge >= 0.3 is 0 Å². The smallest absolute Gasteiger partial charge is 0.251 e. The molecule has 0 aromatic heterocycles. The number of nitrogens with zero attached hydrogens (tertiary/aromatic N) is 1. The highest BCUT2D eigenvalue weighted by molar-refractivity contribution is 7.88. The molecule has 124 valence electrons. The quantitative estimate of drug-likeness (QED) is 0.734. The van der Waals surface area contributed by atoms with Gasteiger partial charge in [0, 0.05) is 24.7 Å². The number of sulfonamides is 1. The highest BCUT2D eigenvalue weighted by atomic mass is 32.2. The van der Waals surface area contributed by atoms with Crippen molar-refractivity contribution in [3.8, 4) is 5.75 Å². The van der Waals surface area contributed by atoms with E-state index >= 15 is 0 Å². The van der Waals surface area contributed by atoms with Gasteiger partial charge in [-0.05, 0) is 38.5 Å². The largest absolute Gasteiger partial charge is 0.497 e. The normalized spacial score (nSPS) is 11.7. The minimum atomic E-state index is -3.22. The summed E-state index contributed by atoms with van der Waals surface area (Å²) in [5.41, 5.74) is 0.517. The molecular formula is C15H24N2O4S. The number of carbonyl (C=O) groups is 1. The van der Waals surface area contributed by atoms with Crippen molar-refractivity contribution in [1.82, 2.24) is 9.62 Å². The summed E-state index contributed by atoms with van der Waals surface area (Å²) >= 11 is 0. The minimum Gasteiger partial charge on any atom is -0.497 e. The first kappa shape index (κ1) is 18.4. The van der Waals surface area contributed by atoms with Crippen LogP contribution in [0, 0.1) is 0 Å². The highest BCUT2D eigenvalue weighted by Crippen LogP contribution is 2.12. The zero-order valence-corrected chi connectivity index (χ0v) is 14.3. The van der Waals surface area contributed by atoms with Crippen LogP contribution in [0.1, 0.15) is 30.6 Å². The standard InChI is InChI=1S/C15H24N2O4S/c1-12(2)17(22(4,19)20)10-6-9-16-15(18)13-7-5-8-14(11-13)21-3/h5,7-8,11-12H,6,9-10H2,1-4H3,(H,16,18). The number of carbonyl (C=O) groups excluding carboxylic acids is 1. The molecule has 6 nitrogen and oxygen atoms in total. The van der Waals surface area contributed by atoms with Crippen molar-refractivity contribution in [2.75, 3.05) is 26.5 Å². The van der Waals surface area contributed by atoms with Crippen molar-refractivity contribution in [3.05, 3.63) is 29.8 Å². The summed E-state index contributed by atoms with van der Waals surface area (Å²) in [6.07, 6.45) is 1.75. The fourth-order valence-electron chi connectivity index (χ4n) is 2.11. The summed E-state index contributed by atoms with van der Waals surface area (Å²) < 4.78 is 29.7. The van der Waals surface area contributed by atoms with Crippen LogP contribution in [0.15, 0.2) is 24.3 Å². The summed E-state index contributed by atoms with van der Waals surface area (Å²) in [6.45, 7) is 4.45. The Balaban J connectivity index is 2.48. The number of methoxy groups -OCH3 is 1. The number of nitrogens with one attached hydrogen (secondary N) is 1. The van der Waals surface area contributed by atoms with E-state index in [2.05, 4.69) is 5.32 Å². The van der Waals surface area contributed by atoms with Gasteiger partial charge in [-0.15, -0.1) is 0 Å². The van der Waals surface area contributed by atoms with Gasteiger partial charge in [0.1, 0.15) is 5.75 Å². The molecule has 22 heavy (non-hydrogen) atoms. The van der Waals surface area contributed by atoms with Gasteiger partial charge in [-0.3, -0.25) is 4.79 Å². The van der Waals surface area contributed by atoms with E-state index in [0.29, 0.717) is 30.8 Å². The van der Waals surface area contributed by atoms with E-state index in [1.165, 1.54) is 10.6 Å². The molecule has 0 aliphatic carbocycles. The third-order valence-corrected chi connectivity index (χ3v) is 4.63. The predicted molar refractivity (Wildman–Crippen MR) is 86.6 cm³/mol. The lowest BCUT2D eigenvalue weighted by Gasteiger charge is -2.23. The van der Waals surface area contributed by atoms with Gasteiger partial charge in [0.15, 0.2) is 0 Å². The van der Waals surface area contributed by atoms with Crippen LogP contribution >= 0.6 is 0 Å². The Bertz CT molecular complexity index is 599. The molecule has 0 radical (unpaired) electrons. The maximum absolute atomic E-state index is 12.0. The zero-order valence-electron chi connectivity index (χ0n) is 13.5. The third kappa shape index (κ3) is 5.65. The van der Waals surface area contributed by atoms with Crippen LogP contribution in [0.5, 0.6) is 5.75 Å². The fraction of sp³-hybridized carbons (Fsp3) is 0.533. The van der Waals surface area contributed by atoms with Gasteiger partial charge in [-0.25, -0.2) is 8.42 Å². The Morgan fingerprint density at radius 3 is 2.59 bits per heavy atom. The predicted octanol–water partition coefficient (Wildman–Crippen LogP) is 1.49. The molecule has 0 unspecified atom stereocenters. The van der Waals surface area contributed by atoms with Crippen molar-refractivity contribution in [3.63, 3.8) is 0 Å². The maximum atomic E-state index is 12.0. The van der Waals surface area contributed by atoms with Gasteiger partial charge in [0.25, 0.3) is 5.91 Å². The van der Waals surface area contributed by atoms with Gasteiger partial charge in [-0.2, -0.15) is 4.31 Å². The Morgan fingerprint density at radius 1 is 1.36 bits per heavy atom. The van der Waals surface area contributed by atoms with Crippen molar-refractivity contribution in [2.24, 2.45) is 0 Å². The van der Waals surface area contributed by atoms with E-state index < -0.39 is 10.0 Å². The Hall–Kier alpha value is -1.60. The second-order valence-corrected chi connectivity index (χ2v) is 7.24. The van der Waals surface area contributed by atoms with Gasteiger partial charge in [-0.1, -0.05) is 6.07 Å². The average molecular weight is 328 g/mol. The zero-order chi connectivity index (χ0) is 16.8. The first-order valence-corrected chi connectivity index (χ1v) is 8.99. The second kappa shape index (κ2) is 8.14. The second-order valence-electron chi connectivity index (χ2n) is 5.31. The van der Waals surface area contributed by atoms with Crippen LogP contribution in [-0.2, 0) is 10.0 Å². The molecule has 1 N–H and O–H groups in total. The molecule has 0 saturated heterocycles. The van der Waals surface area contributed by atoms with Crippen molar-refractivity contribution < 1.29 is 17.9 Å². The summed E-state index contributed by atoms with van der Waals surface area (Å²) in [5, 5.41) is 2.78. The van der Waals surface area contributed by atoms with Crippen LogP contribution in [0.3, 0.4) is 0 Å². The number of ether oxygens (including phenoxy) is 1. The molecule has 0 saturated carbocycles. The topological polar surface area (TPSA) is 75.7 Å². The molecule has 7 heteroatoms. The SMILES string of the molecule is COc1cccc(C(=O)NCCCN(C(C)C)S(C)(=O)=O)c1. The molecule has 1 rings (SSSR count). The Morgan fingerprint density at radius 2 is 2.05 bits per heavy atom. The lowest BCUT2D eigenvalue weighted by Crippen LogP contribution is -2.38. The van der Waals surface area contributed by atoms with Crippen molar-refractivity contribution in [1.29, 1.82) is 0 Å². The molecule has 0 spiro atoms. The molecular weight excluding hydrogens is 304 g/mol. The van der Waals surface area contributed by atoms with Gasteiger partial charge in [0.05, 0.1) is 13.4 Å². The van der Waals surface area contributed by atoms with E-state index in [1.807, 2.05) is 13.8 Å². The number of hydrogen-bond acceptors (Lipinski definition) is 4.